The van der Waals surface area contributed by atoms with E-state index in [0.717, 1.165) is 83.0 Å². The molecule has 63 heavy (non-hydrogen) atoms. The third-order valence-corrected chi connectivity index (χ3v) is 11.3. The highest BCUT2D eigenvalue weighted by Crippen LogP contribution is 2.16. The van der Waals surface area contributed by atoms with Gasteiger partial charge in [0, 0.05) is 58.9 Å². The summed E-state index contributed by atoms with van der Waals surface area (Å²) in [5.74, 6) is 0.950. The smallest absolute Gasteiger partial charge is 0.303 e. The van der Waals surface area contributed by atoms with E-state index >= 15 is 0 Å². The van der Waals surface area contributed by atoms with Crippen LogP contribution in [0.15, 0.2) is 25.3 Å². The minimum absolute atomic E-state index is 0.0463. The zero-order valence-corrected chi connectivity index (χ0v) is 42.9. The lowest BCUT2D eigenvalue weighted by Gasteiger charge is -2.16. The number of allylic oxidation sites excluding steroid dienone is 2. The van der Waals surface area contributed by atoms with Gasteiger partial charge in [-0.2, -0.15) is 0 Å². The predicted molar refractivity (Wildman–Crippen MR) is 265 cm³/mol. The minimum Gasteiger partial charge on any atom is -0.481 e. The van der Waals surface area contributed by atoms with Crippen LogP contribution in [0.5, 0.6) is 0 Å². The number of carbonyl (C=O) groups excluding carboxylic acids is 3. The standard InChI is InChI=1S/C8H18.C7H16O.C6H11NO2.2C6H11NO.C6H14O2.C6H10O2.C6H12/c1-4-6-7-8(3)5-2;1-3-5-6-7(8)4-2;1-7-5(4-8)2-3-6(7)9;2*1-5-3-4-6(8)7(5)2;1-2-3-4-6(8)5-7;1-2-3-4-5-6(7)8;1-3-5-6-4-2/h8H,4-7H2,1-3H3;7-8H,3-6H2,1-2H3;5,8H,2-4H2,1H3;2*5H,3-4H2,1-2H3;6-8H,2-5H2,1H3;2H,1,3-5H2,(H,7,8);3H,1,4-6H2,2H3. The number of aliphatic carboxylic acids is 1. The van der Waals surface area contributed by atoms with Crippen molar-refractivity contribution in [1.82, 2.24) is 14.7 Å². The molecule has 3 fully saturated rings. The van der Waals surface area contributed by atoms with Crippen LogP contribution in [0, 0.1) is 5.92 Å². The molecule has 0 aliphatic carbocycles. The Labute approximate surface area is 388 Å². The molecule has 0 spiro atoms. The van der Waals surface area contributed by atoms with E-state index in [1.807, 2.05) is 27.1 Å². The predicted octanol–water partition coefficient (Wildman–Crippen LogP) is 10.3. The minimum atomic E-state index is -0.730. The van der Waals surface area contributed by atoms with Gasteiger partial charge in [-0.25, -0.2) is 0 Å². The zero-order valence-electron chi connectivity index (χ0n) is 42.9. The molecule has 6 atom stereocenters. The zero-order chi connectivity index (χ0) is 49.6. The molecular weight excluding hydrogens is 799 g/mol. The Balaban J connectivity index is -0.000000204. The van der Waals surface area contributed by atoms with Crippen LogP contribution in [0.2, 0.25) is 0 Å². The molecule has 3 rings (SSSR count). The second-order valence-corrected chi connectivity index (χ2v) is 17.0. The van der Waals surface area contributed by atoms with Crippen LogP contribution in [0.25, 0.3) is 0 Å². The number of nitrogens with zero attached hydrogens (tertiary/aromatic N) is 3. The molecule has 12 nitrogen and oxygen atoms in total. The molecule has 3 aliphatic heterocycles. The lowest BCUT2D eigenvalue weighted by atomic mass is 10.0. The van der Waals surface area contributed by atoms with Gasteiger partial charge in [-0.15, -0.1) is 13.2 Å². The molecule has 12 heteroatoms. The molecule has 3 saturated heterocycles. The first-order chi connectivity index (χ1) is 29.8. The molecule has 3 heterocycles. The number of aliphatic hydroxyl groups excluding tert-OH is 4. The second kappa shape index (κ2) is 50.2. The van der Waals surface area contributed by atoms with Crippen molar-refractivity contribution >= 4 is 23.7 Å². The number of aliphatic hydroxyl groups is 4. The first-order valence-electron chi connectivity index (χ1n) is 24.6. The monoisotopic (exact) mass is 902 g/mol. The van der Waals surface area contributed by atoms with Crippen LogP contribution < -0.4 is 0 Å². The maximum absolute atomic E-state index is 10.8. The topological polar surface area (TPSA) is 179 Å². The Bertz CT molecular complexity index is 1020. The van der Waals surface area contributed by atoms with Crippen LogP contribution in [0.4, 0.5) is 0 Å². The number of carbonyl (C=O) groups is 4. The van der Waals surface area contributed by atoms with E-state index in [1.165, 1.54) is 51.4 Å². The highest BCUT2D eigenvalue weighted by molar-refractivity contribution is 5.79. The van der Waals surface area contributed by atoms with E-state index in [2.05, 4.69) is 68.5 Å². The van der Waals surface area contributed by atoms with Crippen molar-refractivity contribution in [3.05, 3.63) is 25.3 Å². The Morgan fingerprint density at radius 2 is 1.03 bits per heavy atom. The maximum atomic E-state index is 10.8. The quantitative estimate of drug-likeness (QED) is 0.0587. The van der Waals surface area contributed by atoms with Crippen molar-refractivity contribution in [2.24, 2.45) is 5.92 Å². The van der Waals surface area contributed by atoms with Gasteiger partial charge in [0.05, 0.1) is 31.5 Å². The number of rotatable bonds is 20. The average Bonchev–Trinajstić information content (AvgIpc) is 3.89. The van der Waals surface area contributed by atoms with Crippen LogP contribution >= 0.6 is 0 Å². The van der Waals surface area contributed by atoms with Gasteiger partial charge in [-0.05, 0) is 77.6 Å². The molecule has 0 aromatic carbocycles. The van der Waals surface area contributed by atoms with E-state index < -0.39 is 12.1 Å². The van der Waals surface area contributed by atoms with Crippen molar-refractivity contribution in [3.8, 4) is 0 Å². The first kappa shape index (κ1) is 69.2. The third kappa shape index (κ3) is 47.0. The number of amides is 3. The Kier molecular flexibility index (Phi) is 55.2. The van der Waals surface area contributed by atoms with E-state index in [-0.39, 0.29) is 49.5 Å². The fraction of sp³-hybridized carbons (Fsp3) is 0.843. The summed E-state index contributed by atoms with van der Waals surface area (Å²) in [6.45, 7) is 26.5. The summed E-state index contributed by atoms with van der Waals surface area (Å²) in [5, 5.41) is 42.8. The average molecular weight is 902 g/mol. The van der Waals surface area contributed by atoms with E-state index in [0.29, 0.717) is 24.9 Å². The summed E-state index contributed by atoms with van der Waals surface area (Å²) in [4.78, 5) is 47.2. The number of hydrogen-bond donors (Lipinski definition) is 5. The number of likely N-dealkylation sites (tertiary alicyclic amines) is 3. The normalized spacial score (nSPS) is 18.6. The molecule has 376 valence electrons. The van der Waals surface area contributed by atoms with E-state index in [4.69, 9.17) is 25.5 Å². The van der Waals surface area contributed by atoms with Crippen LogP contribution in [0.1, 0.15) is 210 Å². The number of likely N-dealkylation sites (N-methyl/N-ethyl adjacent to an activating group) is 1. The second-order valence-electron chi connectivity index (χ2n) is 17.0. The summed E-state index contributed by atoms with van der Waals surface area (Å²) in [6, 6.07) is 1.03. The van der Waals surface area contributed by atoms with Crippen molar-refractivity contribution in [2.75, 3.05) is 34.4 Å². The van der Waals surface area contributed by atoms with Gasteiger partial charge < -0.3 is 40.2 Å². The van der Waals surface area contributed by atoms with E-state index in [1.54, 1.807) is 27.8 Å². The lowest BCUT2D eigenvalue weighted by molar-refractivity contribution is -0.137. The number of carboxylic acid groups (broad SMARTS) is 1. The maximum Gasteiger partial charge on any atom is 0.303 e. The Hall–Kier alpha value is -2.80. The molecule has 6 unspecified atom stereocenters. The summed E-state index contributed by atoms with van der Waals surface area (Å²) in [5.41, 5.74) is 0. The van der Waals surface area contributed by atoms with Gasteiger partial charge in [0.25, 0.3) is 0 Å². The van der Waals surface area contributed by atoms with Crippen molar-refractivity contribution in [3.63, 3.8) is 0 Å². The molecule has 0 saturated carbocycles. The van der Waals surface area contributed by atoms with Gasteiger partial charge in [-0.3, -0.25) is 19.2 Å². The highest BCUT2D eigenvalue weighted by Gasteiger charge is 2.26. The number of hydrogen-bond acceptors (Lipinski definition) is 8. The molecular formula is C51H103N3O9. The van der Waals surface area contributed by atoms with Gasteiger partial charge in [0.15, 0.2) is 0 Å². The Morgan fingerprint density at radius 1 is 0.635 bits per heavy atom. The first-order valence-corrected chi connectivity index (χ1v) is 24.6. The largest absolute Gasteiger partial charge is 0.481 e. The molecule has 0 aromatic heterocycles. The van der Waals surface area contributed by atoms with Crippen LogP contribution in [-0.4, -0.2) is 129 Å². The van der Waals surface area contributed by atoms with Gasteiger partial charge in [-0.1, -0.05) is 125 Å². The van der Waals surface area contributed by atoms with Crippen molar-refractivity contribution in [1.29, 1.82) is 0 Å². The van der Waals surface area contributed by atoms with Gasteiger partial charge in [0.2, 0.25) is 17.7 Å². The van der Waals surface area contributed by atoms with Crippen LogP contribution in [0.3, 0.4) is 0 Å². The third-order valence-electron chi connectivity index (χ3n) is 11.3. The molecule has 3 aliphatic rings. The van der Waals surface area contributed by atoms with Gasteiger partial charge >= 0.3 is 5.97 Å². The number of unbranched alkanes of at least 4 members (excludes halogenated alkanes) is 6. The highest BCUT2D eigenvalue weighted by atomic mass is 16.4. The van der Waals surface area contributed by atoms with E-state index in [9.17, 15) is 19.2 Å². The summed E-state index contributed by atoms with van der Waals surface area (Å²) in [6.07, 6.45) is 26.2. The fourth-order valence-electron chi connectivity index (χ4n) is 5.65. The van der Waals surface area contributed by atoms with Crippen molar-refractivity contribution < 1.29 is 44.7 Å². The Morgan fingerprint density at radius 3 is 1.27 bits per heavy atom. The lowest BCUT2D eigenvalue weighted by Crippen LogP contribution is -2.31. The summed E-state index contributed by atoms with van der Waals surface area (Å²) < 4.78 is 0. The molecule has 0 radical (unpaired) electrons. The summed E-state index contributed by atoms with van der Waals surface area (Å²) >= 11 is 0. The SMILES string of the molecule is C=CCCCC.C=CCCCC(=O)O.CC1CCC(=O)N1C.CC1CCC(=O)N1C.CCCCC(C)CC.CCCCC(O)CC.CCCCC(O)CO.CN1C(=O)CCC1CO. The fourth-order valence-corrected chi connectivity index (χ4v) is 5.65. The summed E-state index contributed by atoms with van der Waals surface area (Å²) in [7, 11) is 5.45. The molecule has 3 amide bonds. The van der Waals surface area contributed by atoms with Crippen LogP contribution in [-0.2, 0) is 19.2 Å². The number of carboxylic acids is 1. The molecule has 5 N–H and O–H groups in total. The molecule has 0 aromatic rings. The molecule has 0 bridgehead atoms. The van der Waals surface area contributed by atoms with Gasteiger partial charge in [0.1, 0.15) is 0 Å². The van der Waals surface area contributed by atoms with Crippen molar-refractivity contribution in [2.45, 2.75) is 240 Å².